The van der Waals surface area contributed by atoms with E-state index >= 15 is 0 Å². The SMILES string of the molecule is CC(C)(C)c1nc(CSc2ccc(O)cc2)no1. The van der Waals surface area contributed by atoms with Gasteiger partial charge in [0, 0.05) is 10.3 Å². The van der Waals surface area contributed by atoms with Crippen molar-refractivity contribution >= 4 is 11.8 Å². The van der Waals surface area contributed by atoms with Crippen molar-refractivity contribution in [2.24, 2.45) is 0 Å². The zero-order valence-corrected chi connectivity index (χ0v) is 11.5. The molecular weight excluding hydrogens is 248 g/mol. The predicted molar refractivity (Wildman–Crippen MR) is 70.7 cm³/mol. The lowest BCUT2D eigenvalue weighted by Gasteiger charge is -2.10. The summed E-state index contributed by atoms with van der Waals surface area (Å²) in [7, 11) is 0. The average molecular weight is 264 g/mol. The van der Waals surface area contributed by atoms with Gasteiger partial charge in [0.05, 0.1) is 5.75 Å². The zero-order valence-electron chi connectivity index (χ0n) is 10.7. The highest BCUT2D eigenvalue weighted by atomic mass is 32.2. The quantitative estimate of drug-likeness (QED) is 0.861. The molecule has 1 aromatic heterocycles. The molecule has 0 radical (unpaired) electrons. The summed E-state index contributed by atoms with van der Waals surface area (Å²) >= 11 is 1.61. The molecule has 0 spiro atoms. The van der Waals surface area contributed by atoms with Crippen LogP contribution in [0.2, 0.25) is 0 Å². The summed E-state index contributed by atoms with van der Waals surface area (Å²) in [6.07, 6.45) is 0. The van der Waals surface area contributed by atoms with Gasteiger partial charge in [-0.05, 0) is 24.3 Å². The van der Waals surface area contributed by atoms with Crippen LogP contribution in [0.3, 0.4) is 0 Å². The zero-order chi connectivity index (χ0) is 13.2. The van der Waals surface area contributed by atoms with Gasteiger partial charge < -0.3 is 9.63 Å². The van der Waals surface area contributed by atoms with E-state index in [-0.39, 0.29) is 11.2 Å². The molecule has 0 saturated carbocycles. The summed E-state index contributed by atoms with van der Waals surface area (Å²) in [4.78, 5) is 5.43. The lowest BCUT2D eigenvalue weighted by molar-refractivity contribution is 0.319. The number of nitrogens with zero attached hydrogens (tertiary/aromatic N) is 2. The number of phenols is 1. The van der Waals surface area contributed by atoms with Gasteiger partial charge >= 0.3 is 0 Å². The van der Waals surface area contributed by atoms with Crippen molar-refractivity contribution in [2.45, 2.75) is 36.8 Å². The van der Waals surface area contributed by atoms with Gasteiger partial charge in [-0.25, -0.2) is 0 Å². The average Bonchev–Trinajstić information content (AvgIpc) is 2.77. The third-order valence-electron chi connectivity index (χ3n) is 2.31. The molecule has 96 valence electrons. The third-order valence-corrected chi connectivity index (χ3v) is 3.32. The Morgan fingerprint density at radius 3 is 2.44 bits per heavy atom. The highest BCUT2D eigenvalue weighted by Crippen LogP contribution is 2.25. The molecule has 0 fully saturated rings. The van der Waals surface area contributed by atoms with Crippen LogP contribution in [0.25, 0.3) is 0 Å². The van der Waals surface area contributed by atoms with Gasteiger partial charge in [0.2, 0.25) is 5.89 Å². The van der Waals surface area contributed by atoms with Crippen molar-refractivity contribution in [1.29, 1.82) is 0 Å². The minimum atomic E-state index is -0.117. The molecule has 1 heterocycles. The van der Waals surface area contributed by atoms with Gasteiger partial charge in [-0.1, -0.05) is 25.9 Å². The molecule has 1 aromatic carbocycles. The molecular formula is C13H16N2O2S. The number of aromatic nitrogens is 2. The van der Waals surface area contributed by atoms with E-state index in [0.717, 1.165) is 4.90 Å². The summed E-state index contributed by atoms with van der Waals surface area (Å²) in [5.41, 5.74) is -0.117. The molecule has 2 rings (SSSR count). The van der Waals surface area contributed by atoms with E-state index in [0.29, 0.717) is 17.5 Å². The van der Waals surface area contributed by atoms with E-state index in [1.807, 2.05) is 32.9 Å². The molecule has 5 heteroatoms. The maximum Gasteiger partial charge on any atom is 0.232 e. The standard InChI is InChI=1S/C13H16N2O2S/c1-13(2,3)12-14-11(15-17-12)8-18-10-6-4-9(16)5-7-10/h4-7,16H,8H2,1-3H3. The fourth-order valence-corrected chi connectivity index (χ4v) is 2.05. The highest BCUT2D eigenvalue weighted by Gasteiger charge is 2.21. The molecule has 0 unspecified atom stereocenters. The second-order valence-electron chi connectivity index (χ2n) is 5.05. The monoisotopic (exact) mass is 264 g/mol. The number of phenolic OH excluding ortho intramolecular Hbond substituents is 1. The number of hydrogen-bond donors (Lipinski definition) is 1. The lowest BCUT2D eigenvalue weighted by Crippen LogP contribution is -2.11. The molecule has 2 aromatic rings. The molecule has 0 aliphatic heterocycles. The van der Waals surface area contributed by atoms with Crippen LogP contribution in [0.15, 0.2) is 33.7 Å². The van der Waals surface area contributed by atoms with Crippen LogP contribution in [0, 0.1) is 0 Å². The predicted octanol–water partition coefficient (Wildman–Crippen LogP) is 3.37. The maximum atomic E-state index is 9.19. The van der Waals surface area contributed by atoms with Crippen molar-refractivity contribution in [3.63, 3.8) is 0 Å². The van der Waals surface area contributed by atoms with Crippen molar-refractivity contribution in [2.75, 3.05) is 0 Å². The Morgan fingerprint density at radius 1 is 1.22 bits per heavy atom. The molecule has 1 N–H and O–H groups in total. The Balaban J connectivity index is 1.98. The highest BCUT2D eigenvalue weighted by molar-refractivity contribution is 7.98. The van der Waals surface area contributed by atoms with Gasteiger partial charge in [0.1, 0.15) is 5.75 Å². The van der Waals surface area contributed by atoms with Crippen LogP contribution in [-0.4, -0.2) is 15.2 Å². The van der Waals surface area contributed by atoms with E-state index in [9.17, 15) is 5.11 Å². The Kier molecular flexibility index (Phi) is 3.61. The van der Waals surface area contributed by atoms with Gasteiger partial charge in [0.15, 0.2) is 5.82 Å². The maximum absolute atomic E-state index is 9.19. The van der Waals surface area contributed by atoms with Crippen LogP contribution >= 0.6 is 11.8 Å². The fraction of sp³-hybridized carbons (Fsp3) is 0.385. The summed E-state index contributed by atoms with van der Waals surface area (Å²) in [6, 6.07) is 7.06. The first kappa shape index (κ1) is 13.0. The number of aromatic hydroxyl groups is 1. The first-order valence-electron chi connectivity index (χ1n) is 5.70. The molecule has 18 heavy (non-hydrogen) atoms. The molecule has 0 aliphatic rings. The van der Waals surface area contributed by atoms with Gasteiger partial charge in [-0.2, -0.15) is 4.98 Å². The molecule has 4 nitrogen and oxygen atoms in total. The van der Waals surface area contributed by atoms with Crippen LogP contribution in [-0.2, 0) is 11.2 Å². The number of hydrogen-bond acceptors (Lipinski definition) is 5. The van der Waals surface area contributed by atoms with Crippen LogP contribution in [0.1, 0.15) is 32.5 Å². The number of benzene rings is 1. The van der Waals surface area contributed by atoms with Crippen molar-refractivity contribution in [3.05, 3.63) is 36.0 Å². The third kappa shape index (κ3) is 3.26. The molecule has 0 amide bonds. The van der Waals surface area contributed by atoms with Gasteiger partial charge in [0.25, 0.3) is 0 Å². The minimum absolute atomic E-state index is 0.117. The second-order valence-corrected chi connectivity index (χ2v) is 6.10. The fourth-order valence-electron chi connectivity index (χ4n) is 1.31. The summed E-state index contributed by atoms with van der Waals surface area (Å²) < 4.78 is 5.22. The van der Waals surface area contributed by atoms with Crippen LogP contribution < -0.4 is 0 Å². The summed E-state index contributed by atoms with van der Waals surface area (Å²) in [6.45, 7) is 6.12. The Bertz CT molecular complexity index is 515. The van der Waals surface area contributed by atoms with Gasteiger partial charge in [-0.15, -0.1) is 11.8 Å². The van der Waals surface area contributed by atoms with E-state index in [1.54, 1.807) is 23.9 Å². The first-order chi connectivity index (χ1) is 8.45. The normalized spacial score (nSPS) is 11.7. The molecule has 0 aliphatic carbocycles. The van der Waals surface area contributed by atoms with Crippen molar-refractivity contribution < 1.29 is 9.63 Å². The van der Waals surface area contributed by atoms with Crippen molar-refractivity contribution in [1.82, 2.24) is 10.1 Å². The Labute approximate surface area is 110 Å². The van der Waals surface area contributed by atoms with Gasteiger partial charge in [-0.3, -0.25) is 0 Å². The number of rotatable bonds is 3. The Hall–Kier alpha value is -1.49. The van der Waals surface area contributed by atoms with E-state index in [2.05, 4.69) is 10.1 Å². The van der Waals surface area contributed by atoms with Crippen LogP contribution in [0.5, 0.6) is 5.75 Å². The lowest BCUT2D eigenvalue weighted by atomic mass is 9.97. The van der Waals surface area contributed by atoms with E-state index in [1.165, 1.54) is 0 Å². The topological polar surface area (TPSA) is 59.2 Å². The first-order valence-corrected chi connectivity index (χ1v) is 6.68. The Morgan fingerprint density at radius 2 is 1.89 bits per heavy atom. The minimum Gasteiger partial charge on any atom is -0.508 e. The summed E-state index contributed by atoms with van der Waals surface area (Å²) in [5, 5.41) is 13.1. The van der Waals surface area contributed by atoms with E-state index < -0.39 is 0 Å². The van der Waals surface area contributed by atoms with Crippen molar-refractivity contribution in [3.8, 4) is 5.75 Å². The molecule has 0 bridgehead atoms. The smallest absolute Gasteiger partial charge is 0.232 e. The number of thioether (sulfide) groups is 1. The second kappa shape index (κ2) is 5.02. The molecule has 0 atom stereocenters. The largest absolute Gasteiger partial charge is 0.508 e. The van der Waals surface area contributed by atoms with E-state index in [4.69, 9.17) is 4.52 Å². The van der Waals surface area contributed by atoms with Crippen LogP contribution in [0.4, 0.5) is 0 Å². The molecule has 0 saturated heterocycles. The summed E-state index contributed by atoms with van der Waals surface area (Å²) in [5.74, 6) is 2.28.